The Bertz CT molecular complexity index is 1780. The second-order valence-electron chi connectivity index (χ2n) is 22.0. The normalized spacial score (nSPS) is 13.1. The zero-order chi connectivity index (χ0) is 59.2. The standard InChI is InChI=1S/C76H124O6/c1-4-7-10-13-16-19-22-25-28-31-33-34-35-36-37-38-39-40-41-42-43-46-48-51-54-57-60-63-66-69-75(78)81-72-73(71-80-74(77)68-65-62-59-56-53-50-47-44-30-27-24-21-18-15-12-9-6-3)82-76(79)70-67-64-61-58-55-52-49-45-32-29-26-23-20-17-14-11-8-5-2/h7,9-10,12,16,18-19,21,25,27-30,32-34,36-37,39-40,42-43,48,51,73H,4-6,8,11,13-15,17,20,22-24,26,31,35,38,41,44-47,49-50,52-72H2,1-3H3/b10-7-,12-9-,19-16-,21-18-,28-25-,30-27-,32-29-,34-33-,37-36-,40-39-,43-42-,51-48-. The van der Waals surface area contributed by atoms with Crippen molar-refractivity contribution in [1.29, 1.82) is 0 Å². The summed E-state index contributed by atoms with van der Waals surface area (Å²) >= 11 is 0. The molecule has 0 aliphatic heterocycles. The molecule has 0 radical (unpaired) electrons. The van der Waals surface area contributed by atoms with E-state index in [0.717, 1.165) is 148 Å². The topological polar surface area (TPSA) is 78.9 Å². The molecule has 82 heavy (non-hydrogen) atoms. The summed E-state index contributed by atoms with van der Waals surface area (Å²) in [6.45, 7) is 6.40. The van der Waals surface area contributed by atoms with Crippen molar-refractivity contribution < 1.29 is 28.6 Å². The number of ether oxygens (including phenoxy) is 3. The fraction of sp³-hybridized carbons (Fsp3) is 0.645. The molecule has 0 rings (SSSR count). The summed E-state index contributed by atoms with van der Waals surface area (Å²) in [5, 5.41) is 0. The van der Waals surface area contributed by atoms with E-state index in [4.69, 9.17) is 14.2 Å². The highest BCUT2D eigenvalue weighted by atomic mass is 16.6. The predicted molar refractivity (Wildman–Crippen MR) is 357 cm³/mol. The van der Waals surface area contributed by atoms with Gasteiger partial charge in [0.25, 0.3) is 0 Å². The minimum Gasteiger partial charge on any atom is -0.462 e. The van der Waals surface area contributed by atoms with Gasteiger partial charge in [-0.15, -0.1) is 0 Å². The number of allylic oxidation sites excluding steroid dienone is 24. The van der Waals surface area contributed by atoms with E-state index < -0.39 is 6.10 Å². The molecule has 0 amide bonds. The van der Waals surface area contributed by atoms with Gasteiger partial charge in [-0.05, 0) is 141 Å². The molecule has 6 nitrogen and oxygen atoms in total. The average Bonchev–Trinajstić information content (AvgIpc) is 3.47. The molecule has 6 heteroatoms. The molecule has 0 aromatic rings. The van der Waals surface area contributed by atoms with Crippen LogP contribution in [0.15, 0.2) is 146 Å². The van der Waals surface area contributed by atoms with Gasteiger partial charge in [0.1, 0.15) is 13.2 Å². The van der Waals surface area contributed by atoms with Gasteiger partial charge >= 0.3 is 17.9 Å². The monoisotopic (exact) mass is 1130 g/mol. The highest BCUT2D eigenvalue weighted by molar-refractivity contribution is 5.71. The Hall–Kier alpha value is -4.71. The number of carbonyl (C=O) groups excluding carboxylic acids is 3. The molecule has 0 aliphatic rings. The molecule has 0 heterocycles. The van der Waals surface area contributed by atoms with Crippen molar-refractivity contribution in [2.75, 3.05) is 13.2 Å². The first-order valence-electron chi connectivity index (χ1n) is 33.8. The van der Waals surface area contributed by atoms with Gasteiger partial charge in [-0.1, -0.05) is 282 Å². The Morgan fingerprint density at radius 2 is 0.476 bits per heavy atom. The molecular weight excluding hydrogens is 1010 g/mol. The van der Waals surface area contributed by atoms with Gasteiger partial charge in [0.05, 0.1) is 0 Å². The highest BCUT2D eigenvalue weighted by Gasteiger charge is 2.19. The highest BCUT2D eigenvalue weighted by Crippen LogP contribution is 2.15. The van der Waals surface area contributed by atoms with E-state index >= 15 is 0 Å². The maximum atomic E-state index is 12.9. The van der Waals surface area contributed by atoms with Gasteiger partial charge in [0.15, 0.2) is 6.10 Å². The first-order chi connectivity index (χ1) is 40.5. The Balaban J connectivity index is 4.44. The van der Waals surface area contributed by atoms with Gasteiger partial charge < -0.3 is 14.2 Å². The quantitative estimate of drug-likeness (QED) is 0.0261. The van der Waals surface area contributed by atoms with Crippen molar-refractivity contribution in [3.63, 3.8) is 0 Å². The number of esters is 3. The Morgan fingerprint density at radius 3 is 0.756 bits per heavy atom. The van der Waals surface area contributed by atoms with Gasteiger partial charge in [-0.2, -0.15) is 0 Å². The largest absolute Gasteiger partial charge is 0.462 e. The Labute approximate surface area is 506 Å². The number of carbonyl (C=O) groups is 3. The van der Waals surface area contributed by atoms with E-state index in [2.05, 4.69) is 167 Å². The van der Waals surface area contributed by atoms with Crippen LogP contribution < -0.4 is 0 Å². The molecule has 0 aromatic carbocycles. The molecule has 0 spiro atoms. The second kappa shape index (κ2) is 68.8. The van der Waals surface area contributed by atoms with Gasteiger partial charge in [0, 0.05) is 19.3 Å². The molecule has 0 fully saturated rings. The maximum absolute atomic E-state index is 12.9. The molecule has 0 saturated carbocycles. The zero-order valence-electron chi connectivity index (χ0n) is 53.2. The number of rotatable bonds is 60. The van der Waals surface area contributed by atoms with Gasteiger partial charge in [-0.25, -0.2) is 0 Å². The summed E-state index contributed by atoms with van der Waals surface area (Å²) in [5.74, 6) is -0.933. The number of unbranched alkanes of at least 4 members (excludes halogenated alkanes) is 25. The summed E-state index contributed by atoms with van der Waals surface area (Å²) in [6.07, 6.45) is 98.5. The van der Waals surface area contributed by atoms with Crippen molar-refractivity contribution in [2.45, 2.75) is 303 Å². The van der Waals surface area contributed by atoms with Crippen molar-refractivity contribution in [1.82, 2.24) is 0 Å². The summed E-state index contributed by atoms with van der Waals surface area (Å²) in [7, 11) is 0. The first-order valence-corrected chi connectivity index (χ1v) is 33.8. The Morgan fingerprint density at radius 1 is 0.256 bits per heavy atom. The van der Waals surface area contributed by atoms with Crippen LogP contribution in [0.2, 0.25) is 0 Å². The summed E-state index contributed by atoms with van der Waals surface area (Å²) < 4.78 is 16.9. The van der Waals surface area contributed by atoms with Crippen molar-refractivity contribution >= 4 is 17.9 Å². The van der Waals surface area contributed by atoms with Crippen molar-refractivity contribution in [2.24, 2.45) is 0 Å². The average molecular weight is 1130 g/mol. The van der Waals surface area contributed by atoms with Crippen LogP contribution in [0.4, 0.5) is 0 Å². The zero-order valence-corrected chi connectivity index (χ0v) is 53.2. The third-order valence-corrected chi connectivity index (χ3v) is 14.1. The molecule has 464 valence electrons. The molecule has 0 saturated heterocycles. The van der Waals surface area contributed by atoms with E-state index in [-0.39, 0.29) is 31.1 Å². The maximum Gasteiger partial charge on any atom is 0.306 e. The van der Waals surface area contributed by atoms with E-state index in [1.807, 2.05) is 0 Å². The van der Waals surface area contributed by atoms with Crippen LogP contribution in [0.1, 0.15) is 297 Å². The fourth-order valence-corrected chi connectivity index (χ4v) is 9.06. The SMILES string of the molecule is CC/C=C\C/C=C\C/C=C\C/C=C\C/C=C\C/C=C\C/C=C\C/C=C\CCCCCCC(=O)OCC(COC(=O)CCCCCCCCC/C=C\C/C=C\C/C=C\CC)OC(=O)CCCCCCCCC/C=C\CCCCCCCCC. The lowest BCUT2D eigenvalue weighted by Crippen LogP contribution is -2.30. The summed E-state index contributed by atoms with van der Waals surface area (Å²) in [4.78, 5) is 38.4. The third-order valence-electron chi connectivity index (χ3n) is 14.1. The van der Waals surface area contributed by atoms with Crippen LogP contribution in [0.3, 0.4) is 0 Å². The van der Waals surface area contributed by atoms with E-state index in [1.54, 1.807) is 0 Å². The lowest BCUT2D eigenvalue weighted by atomic mass is 10.1. The number of hydrogen-bond donors (Lipinski definition) is 0. The second-order valence-corrected chi connectivity index (χ2v) is 22.0. The van der Waals surface area contributed by atoms with E-state index in [1.165, 1.54) is 109 Å². The minimum absolute atomic E-state index is 0.0972. The van der Waals surface area contributed by atoms with Gasteiger partial charge in [-0.3, -0.25) is 14.4 Å². The smallest absolute Gasteiger partial charge is 0.306 e. The first kappa shape index (κ1) is 77.3. The van der Waals surface area contributed by atoms with Crippen LogP contribution in [0.25, 0.3) is 0 Å². The van der Waals surface area contributed by atoms with Crippen LogP contribution in [-0.4, -0.2) is 37.2 Å². The number of hydrogen-bond acceptors (Lipinski definition) is 6. The van der Waals surface area contributed by atoms with Crippen LogP contribution in [-0.2, 0) is 28.6 Å². The summed E-state index contributed by atoms with van der Waals surface area (Å²) in [6, 6.07) is 0. The molecule has 0 aromatic heterocycles. The molecule has 1 atom stereocenters. The molecule has 0 N–H and O–H groups in total. The molecular formula is C76H124O6. The minimum atomic E-state index is -0.803. The van der Waals surface area contributed by atoms with Crippen molar-refractivity contribution in [3.8, 4) is 0 Å². The van der Waals surface area contributed by atoms with Crippen LogP contribution in [0.5, 0.6) is 0 Å². The van der Waals surface area contributed by atoms with Crippen LogP contribution in [0, 0.1) is 0 Å². The van der Waals surface area contributed by atoms with Gasteiger partial charge in [0.2, 0.25) is 0 Å². The molecule has 0 bridgehead atoms. The fourth-order valence-electron chi connectivity index (χ4n) is 9.06. The third kappa shape index (κ3) is 66.1. The molecule has 0 aliphatic carbocycles. The van der Waals surface area contributed by atoms with E-state index in [0.29, 0.717) is 19.3 Å². The lowest BCUT2D eigenvalue weighted by Gasteiger charge is -2.18. The van der Waals surface area contributed by atoms with Crippen molar-refractivity contribution in [3.05, 3.63) is 146 Å². The van der Waals surface area contributed by atoms with Crippen LogP contribution >= 0.6 is 0 Å². The molecule has 1 unspecified atom stereocenters. The predicted octanol–water partition coefficient (Wildman–Crippen LogP) is 23.5. The van der Waals surface area contributed by atoms with E-state index in [9.17, 15) is 14.4 Å². The Kier molecular flexibility index (Phi) is 64.8. The summed E-state index contributed by atoms with van der Waals surface area (Å²) in [5.41, 5.74) is 0. The lowest BCUT2D eigenvalue weighted by molar-refractivity contribution is -0.167.